The van der Waals surface area contributed by atoms with Gasteiger partial charge in [-0.25, -0.2) is 0 Å². The third-order valence-electron chi connectivity index (χ3n) is 2.47. The Morgan fingerprint density at radius 1 is 1.06 bits per heavy atom. The predicted octanol–water partition coefficient (Wildman–Crippen LogP) is 4.26. The van der Waals surface area contributed by atoms with Crippen LogP contribution in [0.5, 0.6) is 11.5 Å². The quantitative estimate of drug-likeness (QED) is 0.917. The van der Waals surface area contributed by atoms with E-state index in [1.807, 2.05) is 55.5 Å². The van der Waals surface area contributed by atoms with Crippen LogP contribution in [0.25, 0.3) is 0 Å². The number of para-hydroxylation sites is 1. The van der Waals surface area contributed by atoms with E-state index in [0.717, 1.165) is 21.5 Å². The molecule has 2 aromatic carbocycles. The second-order valence-electron chi connectivity index (χ2n) is 3.89. The second-order valence-corrected chi connectivity index (χ2v) is 4.74. The normalized spacial score (nSPS) is 12.2. The van der Waals surface area contributed by atoms with E-state index in [1.54, 1.807) is 0 Å². The molecule has 0 aliphatic heterocycles. The molecule has 3 heteroatoms. The van der Waals surface area contributed by atoms with E-state index in [2.05, 4.69) is 15.9 Å². The fourth-order valence-electron chi connectivity index (χ4n) is 1.49. The molecule has 0 aromatic heterocycles. The van der Waals surface area contributed by atoms with Gasteiger partial charge in [0.25, 0.3) is 0 Å². The highest BCUT2D eigenvalue weighted by atomic mass is 79.9. The Labute approximate surface area is 110 Å². The molecule has 88 valence electrons. The van der Waals surface area contributed by atoms with Crippen LogP contribution in [0.15, 0.2) is 53.0 Å². The first-order valence-corrected chi connectivity index (χ1v) is 6.24. The van der Waals surface area contributed by atoms with E-state index in [-0.39, 0.29) is 6.04 Å². The van der Waals surface area contributed by atoms with Gasteiger partial charge in [0.1, 0.15) is 11.5 Å². The zero-order valence-corrected chi connectivity index (χ0v) is 11.1. The van der Waals surface area contributed by atoms with Crippen molar-refractivity contribution in [2.45, 2.75) is 13.0 Å². The number of benzene rings is 2. The van der Waals surface area contributed by atoms with E-state index in [4.69, 9.17) is 10.5 Å². The molecule has 0 heterocycles. The molecular weight excluding hydrogens is 278 g/mol. The molecule has 2 rings (SSSR count). The standard InChI is InChI=1S/C14H14BrNO/c1-10(16)11-6-8-12(9-7-11)17-14-5-3-2-4-13(14)15/h2-10H,16H2,1H3/t10-/m0/s1. The maximum atomic E-state index is 5.79. The fraction of sp³-hybridized carbons (Fsp3) is 0.143. The van der Waals surface area contributed by atoms with E-state index in [0.29, 0.717) is 0 Å². The van der Waals surface area contributed by atoms with Crippen LogP contribution in [0.3, 0.4) is 0 Å². The van der Waals surface area contributed by atoms with Crippen LogP contribution in [-0.4, -0.2) is 0 Å². The molecule has 2 nitrogen and oxygen atoms in total. The lowest BCUT2D eigenvalue weighted by molar-refractivity contribution is 0.479. The second kappa shape index (κ2) is 5.34. The van der Waals surface area contributed by atoms with Gasteiger partial charge in [-0.05, 0) is 52.7 Å². The van der Waals surface area contributed by atoms with Gasteiger partial charge in [0, 0.05) is 6.04 Å². The summed E-state index contributed by atoms with van der Waals surface area (Å²) in [7, 11) is 0. The Balaban J connectivity index is 2.17. The van der Waals surface area contributed by atoms with Crippen molar-refractivity contribution in [1.29, 1.82) is 0 Å². The van der Waals surface area contributed by atoms with Gasteiger partial charge in [0.05, 0.1) is 4.47 Å². The third-order valence-corrected chi connectivity index (χ3v) is 3.13. The Morgan fingerprint density at radius 2 is 1.71 bits per heavy atom. The van der Waals surface area contributed by atoms with Gasteiger partial charge < -0.3 is 10.5 Å². The van der Waals surface area contributed by atoms with Crippen LogP contribution in [-0.2, 0) is 0 Å². The van der Waals surface area contributed by atoms with E-state index < -0.39 is 0 Å². The molecule has 0 saturated carbocycles. The highest BCUT2D eigenvalue weighted by Gasteiger charge is 2.03. The Hall–Kier alpha value is -1.32. The maximum absolute atomic E-state index is 5.79. The topological polar surface area (TPSA) is 35.2 Å². The maximum Gasteiger partial charge on any atom is 0.141 e. The molecule has 0 bridgehead atoms. The Bertz CT molecular complexity index is 494. The van der Waals surface area contributed by atoms with Crippen LogP contribution >= 0.6 is 15.9 Å². The molecular formula is C14H14BrNO. The fourth-order valence-corrected chi connectivity index (χ4v) is 1.86. The summed E-state index contributed by atoms with van der Waals surface area (Å²) in [5.74, 6) is 1.61. The van der Waals surface area contributed by atoms with Gasteiger partial charge in [-0.1, -0.05) is 24.3 Å². The summed E-state index contributed by atoms with van der Waals surface area (Å²) in [4.78, 5) is 0. The van der Waals surface area contributed by atoms with Gasteiger partial charge >= 0.3 is 0 Å². The monoisotopic (exact) mass is 291 g/mol. The average molecular weight is 292 g/mol. The predicted molar refractivity (Wildman–Crippen MR) is 73.3 cm³/mol. The lowest BCUT2D eigenvalue weighted by Gasteiger charge is -2.09. The van der Waals surface area contributed by atoms with Crippen LogP contribution in [0.2, 0.25) is 0 Å². The molecule has 0 aliphatic rings. The summed E-state index contributed by atoms with van der Waals surface area (Å²) in [5.41, 5.74) is 6.89. The van der Waals surface area contributed by atoms with Crippen molar-refractivity contribution in [3.05, 3.63) is 58.6 Å². The first-order valence-electron chi connectivity index (χ1n) is 5.45. The first kappa shape index (κ1) is 12.1. The van der Waals surface area contributed by atoms with Gasteiger partial charge in [-0.2, -0.15) is 0 Å². The molecule has 0 radical (unpaired) electrons. The third kappa shape index (κ3) is 3.08. The van der Waals surface area contributed by atoms with E-state index in [9.17, 15) is 0 Å². The van der Waals surface area contributed by atoms with Crippen molar-refractivity contribution >= 4 is 15.9 Å². The highest BCUT2D eigenvalue weighted by molar-refractivity contribution is 9.10. The number of rotatable bonds is 3. The van der Waals surface area contributed by atoms with Crippen LogP contribution in [0.4, 0.5) is 0 Å². The number of hydrogen-bond acceptors (Lipinski definition) is 2. The minimum atomic E-state index is 0.0486. The van der Waals surface area contributed by atoms with Crippen molar-refractivity contribution in [3.63, 3.8) is 0 Å². The van der Waals surface area contributed by atoms with E-state index >= 15 is 0 Å². The Kier molecular flexibility index (Phi) is 3.82. The number of halogens is 1. The molecule has 0 spiro atoms. The van der Waals surface area contributed by atoms with Crippen LogP contribution < -0.4 is 10.5 Å². The number of ether oxygens (including phenoxy) is 1. The SMILES string of the molecule is C[C@H](N)c1ccc(Oc2ccccc2Br)cc1. The van der Waals surface area contributed by atoms with Crippen molar-refractivity contribution < 1.29 is 4.74 Å². The zero-order chi connectivity index (χ0) is 12.3. The largest absolute Gasteiger partial charge is 0.456 e. The number of nitrogens with two attached hydrogens (primary N) is 1. The van der Waals surface area contributed by atoms with Crippen LogP contribution in [0, 0.1) is 0 Å². The molecule has 0 fully saturated rings. The molecule has 0 aliphatic carbocycles. The van der Waals surface area contributed by atoms with Crippen molar-refractivity contribution in [2.75, 3.05) is 0 Å². The summed E-state index contributed by atoms with van der Waals surface area (Å²) < 4.78 is 6.70. The van der Waals surface area contributed by atoms with Gasteiger partial charge in [-0.3, -0.25) is 0 Å². The van der Waals surface area contributed by atoms with Crippen molar-refractivity contribution in [1.82, 2.24) is 0 Å². The minimum Gasteiger partial charge on any atom is -0.456 e. The summed E-state index contributed by atoms with van der Waals surface area (Å²) in [6.07, 6.45) is 0. The molecule has 0 unspecified atom stereocenters. The summed E-state index contributed by atoms with van der Waals surface area (Å²) in [6.45, 7) is 1.96. The highest BCUT2D eigenvalue weighted by Crippen LogP contribution is 2.29. The lowest BCUT2D eigenvalue weighted by Crippen LogP contribution is -2.04. The first-order chi connectivity index (χ1) is 8.16. The molecule has 17 heavy (non-hydrogen) atoms. The average Bonchev–Trinajstić information content (AvgIpc) is 2.33. The molecule has 0 amide bonds. The van der Waals surface area contributed by atoms with Crippen LogP contribution in [0.1, 0.15) is 18.5 Å². The van der Waals surface area contributed by atoms with Gasteiger partial charge in [0.2, 0.25) is 0 Å². The number of hydrogen-bond donors (Lipinski definition) is 1. The van der Waals surface area contributed by atoms with E-state index in [1.165, 1.54) is 0 Å². The summed E-state index contributed by atoms with van der Waals surface area (Å²) >= 11 is 3.45. The summed E-state index contributed by atoms with van der Waals surface area (Å²) in [6, 6.07) is 15.6. The van der Waals surface area contributed by atoms with Crippen molar-refractivity contribution in [3.8, 4) is 11.5 Å². The van der Waals surface area contributed by atoms with Gasteiger partial charge in [-0.15, -0.1) is 0 Å². The lowest BCUT2D eigenvalue weighted by atomic mass is 10.1. The van der Waals surface area contributed by atoms with Gasteiger partial charge in [0.15, 0.2) is 0 Å². The zero-order valence-electron chi connectivity index (χ0n) is 9.56. The molecule has 1 atom stereocenters. The Morgan fingerprint density at radius 3 is 2.29 bits per heavy atom. The summed E-state index contributed by atoms with van der Waals surface area (Å²) in [5, 5.41) is 0. The molecule has 2 N–H and O–H groups in total. The van der Waals surface area contributed by atoms with Crippen molar-refractivity contribution in [2.24, 2.45) is 5.73 Å². The minimum absolute atomic E-state index is 0.0486. The smallest absolute Gasteiger partial charge is 0.141 e. The molecule has 2 aromatic rings. The molecule has 0 saturated heterocycles.